The van der Waals surface area contributed by atoms with Crippen LogP contribution in [0.15, 0.2) is 52.0 Å². The molecule has 0 aliphatic rings. The number of pyridine rings is 1. The molecular formula is C13H12BrN3O2S2. The second-order valence-electron chi connectivity index (χ2n) is 4.25. The number of halogens is 1. The van der Waals surface area contributed by atoms with Crippen molar-refractivity contribution in [2.24, 2.45) is 5.73 Å². The van der Waals surface area contributed by atoms with Crippen molar-refractivity contribution in [2.75, 3.05) is 4.72 Å². The molecule has 0 unspecified atom stereocenters. The predicted molar refractivity (Wildman–Crippen MR) is 89.7 cm³/mol. The Bertz CT molecular complexity index is 744. The first-order valence-electron chi connectivity index (χ1n) is 5.88. The molecule has 0 aliphatic carbocycles. The standard InChI is InChI=1S/C13H12BrN3O2S2/c14-10-3-6-13(16-8-10)17-21(18,19)11-4-1-9(2-5-11)7-12(15)20/h1-6,8H,7H2,(H2,15,20)(H,16,17). The first-order chi connectivity index (χ1) is 9.87. The predicted octanol–water partition coefficient (Wildman–Crippen LogP) is 2.47. The molecule has 8 heteroatoms. The van der Waals surface area contributed by atoms with Gasteiger partial charge in [-0.25, -0.2) is 13.4 Å². The minimum absolute atomic E-state index is 0.152. The van der Waals surface area contributed by atoms with Gasteiger partial charge in [0, 0.05) is 17.1 Å². The van der Waals surface area contributed by atoms with Gasteiger partial charge in [-0.3, -0.25) is 4.72 Å². The fourth-order valence-corrected chi connectivity index (χ4v) is 3.03. The molecule has 0 spiro atoms. The summed E-state index contributed by atoms with van der Waals surface area (Å²) in [5.41, 5.74) is 6.32. The number of aromatic nitrogens is 1. The van der Waals surface area contributed by atoms with Crippen LogP contribution in [0.5, 0.6) is 0 Å². The Morgan fingerprint density at radius 3 is 2.43 bits per heavy atom. The Morgan fingerprint density at radius 2 is 1.90 bits per heavy atom. The molecular weight excluding hydrogens is 374 g/mol. The molecule has 0 aliphatic heterocycles. The van der Waals surface area contributed by atoms with Crippen LogP contribution in [-0.2, 0) is 16.4 Å². The van der Waals surface area contributed by atoms with Crippen LogP contribution in [-0.4, -0.2) is 18.4 Å². The summed E-state index contributed by atoms with van der Waals surface area (Å²) in [7, 11) is -3.66. The van der Waals surface area contributed by atoms with E-state index in [0.717, 1.165) is 10.0 Å². The van der Waals surface area contributed by atoms with E-state index in [2.05, 4.69) is 25.6 Å². The van der Waals surface area contributed by atoms with Crippen molar-refractivity contribution in [1.82, 2.24) is 4.98 Å². The second-order valence-corrected chi connectivity index (χ2v) is 7.38. The van der Waals surface area contributed by atoms with Gasteiger partial charge in [-0.1, -0.05) is 24.4 Å². The van der Waals surface area contributed by atoms with Crippen LogP contribution in [0.25, 0.3) is 0 Å². The van der Waals surface area contributed by atoms with Crippen molar-refractivity contribution in [2.45, 2.75) is 11.3 Å². The van der Waals surface area contributed by atoms with Crippen LogP contribution in [0, 0.1) is 0 Å². The average molecular weight is 386 g/mol. The van der Waals surface area contributed by atoms with Crippen LogP contribution >= 0.6 is 28.1 Å². The number of nitrogens with zero attached hydrogens (tertiary/aromatic N) is 1. The van der Waals surface area contributed by atoms with Gasteiger partial charge in [0.1, 0.15) is 5.82 Å². The highest BCUT2D eigenvalue weighted by Crippen LogP contribution is 2.17. The Balaban J connectivity index is 2.19. The maximum atomic E-state index is 12.2. The Hall–Kier alpha value is -1.51. The van der Waals surface area contributed by atoms with E-state index < -0.39 is 10.0 Å². The molecule has 0 fully saturated rings. The maximum absolute atomic E-state index is 12.2. The van der Waals surface area contributed by atoms with Crippen molar-refractivity contribution in [3.63, 3.8) is 0 Å². The van der Waals surface area contributed by atoms with Gasteiger partial charge >= 0.3 is 0 Å². The third-order valence-corrected chi connectivity index (χ3v) is 4.56. The Kier molecular flexibility index (Phi) is 4.92. The number of hydrogen-bond acceptors (Lipinski definition) is 4. The molecule has 0 atom stereocenters. The molecule has 0 radical (unpaired) electrons. The molecule has 0 saturated carbocycles. The Labute approximate surface area is 136 Å². The summed E-state index contributed by atoms with van der Waals surface area (Å²) in [6, 6.07) is 9.66. The number of nitrogens with one attached hydrogen (secondary N) is 1. The van der Waals surface area contributed by atoms with Gasteiger partial charge < -0.3 is 5.73 Å². The van der Waals surface area contributed by atoms with E-state index in [1.807, 2.05) is 0 Å². The highest BCUT2D eigenvalue weighted by atomic mass is 79.9. The van der Waals surface area contributed by atoms with Gasteiger partial charge in [0.2, 0.25) is 0 Å². The molecule has 3 N–H and O–H groups in total. The molecule has 0 amide bonds. The summed E-state index contributed by atoms with van der Waals surface area (Å²) >= 11 is 8.05. The van der Waals surface area contributed by atoms with Crippen molar-refractivity contribution in [3.8, 4) is 0 Å². The van der Waals surface area contributed by atoms with Gasteiger partial charge in [0.05, 0.1) is 9.88 Å². The largest absolute Gasteiger partial charge is 0.393 e. The number of nitrogens with two attached hydrogens (primary N) is 1. The SMILES string of the molecule is NC(=S)Cc1ccc(S(=O)(=O)Nc2ccc(Br)cn2)cc1. The molecule has 0 saturated heterocycles. The fraction of sp³-hybridized carbons (Fsp3) is 0.0769. The second kappa shape index (κ2) is 6.50. The first kappa shape index (κ1) is 15.9. The van der Waals surface area contributed by atoms with E-state index in [9.17, 15) is 8.42 Å². The summed E-state index contributed by atoms with van der Waals surface area (Å²) in [6.45, 7) is 0. The molecule has 1 heterocycles. The van der Waals surface area contributed by atoms with Gasteiger partial charge in [-0.05, 0) is 45.8 Å². The summed E-state index contributed by atoms with van der Waals surface area (Å²) < 4.78 is 27.6. The lowest BCUT2D eigenvalue weighted by atomic mass is 10.1. The molecule has 1 aromatic heterocycles. The van der Waals surface area contributed by atoms with Crippen molar-refractivity contribution >= 4 is 49.0 Å². The number of thiocarbonyl (C=S) groups is 1. The lowest BCUT2D eigenvalue weighted by molar-refractivity contribution is 0.601. The normalized spacial score (nSPS) is 11.1. The van der Waals surface area contributed by atoms with Crippen LogP contribution in [0.3, 0.4) is 0 Å². The smallest absolute Gasteiger partial charge is 0.263 e. The topological polar surface area (TPSA) is 85.1 Å². The van der Waals surface area contributed by atoms with Crippen molar-refractivity contribution in [1.29, 1.82) is 0 Å². The maximum Gasteiger partial charge on any atom is 0.263 e. The highest BCUT2D eigenvalue weighted by Gasteiger charge is 2.14. The quantitative estimate of drug-likeness (QED) is 0.772. The monoisotopic (exact) mass is 385 g/mol. The van der Waals surface area contributed by atoms with Gasteiger partial charge in [0.15, 0.2) is 0 Å². The average Bonchev–Trinajstić information content (AvgIpc) is 2.41. The summed E-state index contributed by atoms with van der Waals surface area (Å²) in [5, 5.41) is 0. The summed E-state index contributed by atoms with van der Waals surface area (Å²) in [5.74, 6) is 0.255. The van der Waals surface area contributed by atoms with E-state index in [0.29, 0.717) is 11.4 Å². The van der Waals surface area contributed by atoms with E-state index in [-0.39, 0.29) is 10.7 Å². The van der Waals surface area contributed by atoms with Crippen LogP contribution in [0.4, 0.5) is 5.82 Å². The summed E-state index contributed by atoms with van der Waals surface area (Å²) in [4.78, 5) is 4.49. The molecule has 5 nitrogen and oxygen atoms in total. The zero-order chi connectivity index (χ0) is 15.5. The fourth-order valence-electron chi connectivity index (χ4n) is 1.62. The van der Waals surface area contributed by atoms with E-state index in [1.54, 1.807) is 24.3 Å². The molecule has 1 aromatic carbocycles. The van der Waals surface area contributed by atoms with Crippen LogP contribution in [0.2, 0.25) is 0 Å². The van der Waals surface area contributed by atoms with Gasteiger partial charge in [-0.2, -0.15) is 0 Å². The molecule has 110 valence electrons. The van der Waals surface area contributed by atoms with Crippen molar-refractivity contribution in [3.05, 3.63) is 52.6 Å². The zero-order valence-corrected chi connectivity index (χ0v) is 14.0. The number of sulfonamides is 1. The van der Waals surface area contributed by atoms with E-state index >= 15 is 0 Å². The third-order valence-electron chi connectivity index (χ3n) is 2.58. The first-order valence-corrected chi connectivity index (χ1v) is 8.57. The molecule has 21 heavy (non-hydrogen) atoms. The molecule has 2 rings (SSSR count). The lowest BCUT2D eigenvalue weighted by Crippen LogP contribution is -2.14. The van der Waals surface area contributed by atoms with E-state index in [4.69, 9.17) is 18.0 Å². The molecule has 0 bridgehead atoms. The van der Waals surface area contributed by atoms with E-state index in [1.165, 1.54) is 18.3 Å². The van der Waals surface area contributed by atoms with Crippen molar-refractivity contribution < 1.29 is 8.42 Å². The number of hydrogen-bond donors (Lipinski definition) is 2. The van der Waals surface area contributed by atoms with Crippen LogP contribution < -0.4 is 10.5 Å². The lowest BCUT2D eigenvalue weighted by Gasteiger charge is -2.08. The number of rotatable bonds is 5. The Morgan fingerprint density at radius 1 is 1.24 bits per heavy atom. The third kappa shape index (κ3) is 4.48. The highest BCUT2D eigenvalue weighted by molar-refractivity contribution is 9.10. The molecule has 2 aromatic rings. The number of anilines is 1. The van der Waals surface area contributed by atoms with Gasteiger partial charge in [0.25, 0.3) is 10.0 Å². The summed E-state index contributed by atoms with van der Waals surface area (Å²) in [6.07, 6.45) is 1.96. The number of benzene rings is 1. The zero-order valence-electron chi connectivity index (χ0n) is 10.8. The minimum atomic E-state index is -3.66. The minimum Gasteiger partial charge on any atom is -0.393 e. The van der Waals surface area contributed by atoms with Crippen LogP contribution in [0.1, 0.15) is 5.56 Å². The van der Waals surface area contributed by atoms with Gasteiger partial charge in [-0.15, -0.1) is 0 Å².